The molecule has 1 aliphatic heterocycles. The summed E-state index contributed by atoms with van der Waals surface area (Å²) in [5, 5.41) is 2.61. The van der Waals surface area contributed by atoms with E-state index < -0.39 is 0 Å². The minimum Gasteiger partial charge on any atom is -0.323 e. The second-order valence-corrected chi connectivity index (χ2v) is 4.78. The van der Waals surface area contributed by atoms with Gasteiger partial charge in [0.25, 0.3) is 0 Å². The zero-order valence-electron chi connectivity index (χ0n) is 8.20. The van der Waals surface area contributed by atoms with Crippen LogP contribution in [-0.2, 0) is 4.79 Å². The highest BCUT2D eigenvalue weighted by molar-refractivity contribution is 8.00. The summed E-state index contributed by atoms with van der Waals surface area (Å²) >= 11 is 1.64. The van der Waals surface area contributed by atoms with Crippen LogP contribution in [0.2, 0.25) is 0 Å². The van der Waals surface area contributed by atoms with Gasteiger partial charge in [-0.05, 0) is 30.7 Å². The molecule has 1 aromatic carbocycles. The molecular weight excluding hydrogens is 213 g/mol. The predicted molar refractivity (Wildman–Crippen MR) is 60.5 cm³/mol. The topological polar surface area (TPSA) is 29.1 Å². The van der Waals surface area contributed by atoms with E-state index in [0.717, 1.165) is 18.6 Å². The Morgan fingerprint density at radius 2 is 2.27 bits per heavy atom. The summed E-state index contributed by atoms with van der Waals surface area (Å²) in [4.78, 5) is 11.7. The minimum absolute atomic E-state index is 0.00962. The van der Waals surface area contributed by atoms with Crippen molar-refractivity contribution < 1.29 is 9.18 Å². The molecule has 80 valence electrons. The summed E-state index contributed by atoms with van der Waals surface area (Å²) in [6, 6.07) is 6.24. The van der Waals surface area contributed by atoms with E-state index in [-0.39, 0.29) is 22.7 Å². The number of carbonyl (C=O) groups excluding carboxylic acids is 1. The van der Waals surface area contributed by atoms with E-state index in [1.165, 1.54) is 6.07 Å². The van der Waals surface area contributed by atoms with Crippen molar-refractivity contribution in [2.45, 2.75) is 18.1 Å². The first-order chi connectivity index (χ1) is 7.27. The average Bonchev–Trinajstić information content (AvgIpc) is 2.74. The van der Waals surface area contributed by atoms with E-state index in [0.29, 0.717) is 0 Å². The SMILES string of the molecule is O=C(Nc1ccccc1F)[C@H]1CCCS1. The summed E-state index contributed by atoms with van der Waals surface area (Å²) in [7, 11) is 0. The van der Waals surface area contributed by atoms with Gasteiger partial charge in [0.1, 0.15) is 5.82 Å². The number of anilines is 1. The van der Waals surface area contributed by atoms with Crippen LogP contribution in [0, 0.1) is 5.82 Å². The highest BCUT2D eigenvalue weighted by atomic mass is 32.2. The smallest absolute Gasteiger partial charge is 0.237 e. The molecule has 1 N–H and O–H groups in total. The fraction of sp³-hybridized carbons (Fsp3) is 0.364. The number of hydrogen-bond donors (Lipinski definition) is 1. The molecule has 1 aliphatic rings. The van der Waals surface area contributed by atoms with Gasteiger partial charge in [0.2, 0.25) is 5.91 Å². The van der Waals surface area contributed by atoms with Crippen molar-refractivity contribution in [1.29, 1.82) is 0 Å². The molecule has 0 radical (unpaired) electrons. The molecule has 0 spiro atoms. The fourth-order valence-corrected chi connectivity index (χ4v) is 2.72. The van der Waals surface area contributed by atoms with Crippen LogP contribution in [0.3, 0.4) is 0 Å². The number of halogens is 1. The Balaban J connectivity index is 2.02. The molecule has 2 rings (SSSR count). The van der Waals surface area contributed by atoms with Gasteiger partial charge >= 0.3 is 0 Å². The van der Waals surface area contributed by atoms with Crippen LogP contribution in [0.1, 0.15) is 12.8 Å². The Bertz CT molecular complexity index is 363. The van der Waals surface area contributed by atoms with Gasteiger partial charge in [-0.25, -0.2) is 4.39 Å². The zero-order valence-corrected chi connectivity index (χ0v) is 9.02. The molecule has 1 aromatic rings. The molecule has 4 heteroatoms. The molecule has 15 heavy (non-hydrogen) atoms. The van der Waals surface area contributed by atoms with Gasteiger partial charge in [0.05, 0.1) is 10.9 Å². The first-order valence-corrected chi connectivity index (χ1v) is 5.99. The van der Waals surface area contributed by atoms with Crippen LogP contribution >= 0.6 is 11.8 Å². The number of para-hydroxylation sites is 1. The number of benzene rings is 1. The summed E-state index contributed by atoms with van der Waals surface area (Å²) in [5.74, 6) is 0.562. The van der Waals surface area contributed by atoms with Gasteiger partial charge in [-0.2, -0.15) is 0 Å². The maximum absolute atomic E-state index is 13.2. The molecule has 1 amide bonds. The fourth-order valence-electron chi connectivity index (χ4n) is 1.56. The normalized spacial score (nSPS) is 20.2. The number of rotatable bonds is 2. The lowest BCUT2D eigenvalue weighted by Crippen LogP contribution is -2.23. The summed E-state index contributed by atoms with van der Waals surface area (Å²) in [5.41, 5.74) is 0.273. The Morgan fingerprint density at radius 1 is 1.47 bits per heavy atom. The number of nitrogens with one attached hydrogen (secondary N) is 1. The van der Waals surface area contributed by atoms with Crippen LogP contribution in [0.4, 0.5) is 10.1 Å². The van der Waals surface area contributed by atoms with Crippen LogP contribution < -0.4 is 5.32 Å². The lowest BCUT2D eigenvalue weighted by molar-refractivity contribution is -0.115. The second kappa shape index (κ2) is 4.66. The Morgan fingerprint density at radius 3 is 2.93 bits per heavy atom. The third kappa shape index (κ3) is 2.50. The van der Waals surface area contributed by atoms with Crippen molar-refractivity contribution in [2.75, 3.05) is 11.1 Å². The number of carbonyl (C=O) groups is 1. The molecular formula is C11H12FNOS. The molecule has 2 nitrogen and oxygen atoms in total. The maximum atomic E-state index is 13.2. The van der Waals surface area contributed by atoms with Gasteiger partial charge in [-0.1, -0.05) is 12.1 Å². The molecule has 1 heterocycles. The lowest BCUT2D eigenvalue weighted by atomic mass is 10.2. The van der Waals surface area contributed by atoms with Gasteiger partial charge in [0.15, 0.2) is 0 Å². The third-order valence-electron chi connectivity index (χ3n) is 2.35. The van der Waals surface area contributed by atoms with Crippen molar-refractivity contribution in [3.8, 4) is 0 Å². The van der Waals surface area contributed by atoms with Gasteiger partial charge in [-0.15, -0.1) is 11.8 Å². The van der Waals surface area contributed by atoms with Crippen LogP contribution in [0.25, 0.3) is 0 Å². The first-order valence-electron chi connectivity index (χ1n) is 4.94. The van der Waals surface area contributed by atoms with Crippen LogP contribution in [0.5, 0.6) is 0 Å². The Hall–Kier alpha value is -1.03. The Kier molecular flexibility index (Phi) is 3.26. The number of amides is 1. The van der Waals surface area contributed by atoms with E-state index in [2.05, 4.69) is 5.32 Å². The standard InChI is InChI=1S/C11H12FNOS/c12-8-4-1-2-5-9(8)13-11(14)10-6-3-7-15-10/h1-2,4-5,10H,3,6-7H2,(H,13,14)/t10-/m1/s1. The highest BCUT2D eigenvalue weighted by Crippen LogP contribution is 2.27. The van der Waals surface area contributed by atoms with Crippen molar-refractivity contribution in [2.24, 2.45) is 0 Å². The van der Waals surface area contributed by atoms with Gasteiger partial charge < -0.3 is 5.32 Å². The quantitative estimate of drug-likeness (QED) is 0.838. The van der Waals surface area contributed by atoms with E-state index >= 15 is 0 Å². The monoisotopic (exact) mass is 225 g/mol. The van der Waals surface area contributed by atoms with Crippen molar-refractivity contribution in [1.82, 2.24) is 0 Å². The summed E-state index contributed by atoms with van der Waals surface area (Å²) in [6.45, 7) is 0. The van der Waals surface area contributed by atoms with Crippen LogP contribution in [-0.4, -0.2) is 16.9 Å². The van der Waals surface area contributed by atoms with Gasteiger partial charge in [0, 0.05) is 0 Å². The number of thioether (sulfide) groups is 1. The Labute approximate surface area is 92.3 Å². The minimum atomic E-state index is -0.381. The van der Waals surface area contributed by atoms with Gasteiger partial charge in [-0.3, -0.25) is 4.79 Å². The van der Waals surface area contributed by atoms with E-state index in [4.69, 9.17) is 0 Å². The molecule has 0 aromatic heterocycles. The molecule has 1 saturated heterocycles. The van der Waals surface area contributed by atoms with Crippen molar-refractivity contribution >= 4 is 23.4 Å². The highest BCUT2D eigenvalue weighted by Gasteiger charge is 2.23. The van der Waals surface area contributed by atoms with E-state index in [1.54, 1.807) is 30.0 Å². The molecule has 0 aliphatic carbocycles. The third-order valence-corrected chi connectivity index (χ3v) is 3.73. The molecule has 0 unspecified atom stereocenters. The number of hydrogen-bond acceptors (Lipinski definition) is 2. The largest absolute Gasteiger partial charge is 0.323 e. The summed E-state index contributed by atoms with van der Waals surface area (Å²) < 4.78 is 13.2. The first kappa shape index (κ1) is 10.5. The molecule has 1 atom stereocenters. The maximum Gasteiger partial charge on any atom is 0.237 e. The summed E-state index contributed by atoms with van der Waals surface area (Å²) in [6.07, 6.45) is 1.96. The van der Waals surface area contributed by atoms with E-state index in [1.807, 2.05) is 0 Å². The van der Waals surface area contributed by atoms with Crippen molar-refractivity contribution in [3.63, 3.8) is 0 Å². The average molecular weight is 225 g/mol. The molecule has 0 saturated carbocycles. The molecule has 0 bridgehead atoms. The predicted octanol–water partition coefficient (Wildman–Crippen LogP) is 2.66. The zero-order chi connectivity index (χ0) is 10.7. The van der Waals surface area contributed by atoms with E-state index in [9.17, 15) is 9.18 Å². The lowest BCUT2D eigenvalue weighted by Gasteiger charge is -2.10. The molecule has 1 fully saturated rings. The second-order valence-electron chi connectivity index (χ2n) is 3.47. The van der Waals surface area contributed by atoms with Crippen LogP contribution in [0.15, 0.2) is 24.3 Å². The van der Waals surface area contributed by atoms with Crippen molar-refractivity contribution in [3.05, 3.63) is 30.1 Å².